The molecule has 0 aromatic heterocycles. The van der Waals surface area contributed by atoms with E-state index in [1.807, 2.05) is 12.1 Å². The van der Waals surface area contributed by atoms with E-state index in [4.69, 9.17) is 0 Å². The Labute approximate surface area is 133 Å². The van der Waals surface area contributed by atoms with E-state index in [9.17, 15) is 4.79 Å². The molecule has 2 atom stereocenters. The molecule has 2 aromatic carbocycles. The zero-order chi connectivity index (χ0) is 14.4. The van der Waals surface area contributed by atoms with Crippen LogP contribution < -0.4 is 5.32 Å². The van der Waals surface area contributed by atoms with Gasteiger partial charge in [-0.15, -0.1) is 0 Å². The molecule has 0 saturated heterocycles. The van der Waals surface area contributed by atoms with E-state index >= 15 is 0 Å². The molecule has 3 heteroatoms. The highest BCUT2D eigenvalue weighted by Crippen LogP contribution is 2.55. The van der Waals surface area contributed by atoms with Crippen molar-refractivity contribution in [3.05, 3.63) is 40.9 Å². The van der Waals surface area contributed by atoms with Gasteiger partial charge in [-0.1, -0.05) is 40.9 Å². The van der Waals surface area contributed by atoms with Crippen LogP contribution in [0.25, 0.3) is 10.8 Å². The Morgan fingerprint density at radius 3 is 2.43 bits per heavy atom. The summed E-state index contributed by atoms with van der Waals surface area (Å²) in [5, 5.41) is 5.46. The lowest BCUT2D eigenvalue weighted by Crippen LogP contribution is -2.15. The van der Waals surface area contributed by atoms with Crippen molar-refractivity contribution < 1.29 is 4.79 Å². The van der Waals surface area contributed by atoms with Gasteiger partial charge >= 0.3 is 0 Å². The predicted octanol–water partition coefficient (Wildman–Crippen LogP) is 4.98. The van der Waals surface area contributed by atoms with Crippen LogP contribution in [0.4, 0.5) is 5.69 Å². The molecule has 2 fully saturated rings. The molecule has 0 radical (unpaired) electrons. The minimum Gasteiger partial charge on any atom is -0.326 e. The second-order valence-electron chi connectivity index (χ2n) is 6.33. The summed E-state index contributed by atoms with van der Waals surface area (Å²) >= 11 is 3.48. The van der Waals surface area contributed by atoms with Crippen LogP contribution >= 0.6 is 15.9 Å². The first kappa shape index (κ1) is 13.3. The molecule has 0 bridgehead atoms. The molecule has 0 aliphatic heterocycles. The van der Waals surface area contributed by atoms with Crippen molar-refractivity contribution in [3.8, 4) is 0 Å². The van der Waals surface area contributed by atoms with Crippen LogP contribution in [0.2, 0.25) is 0 Å². The number of halogens is 1. The minimum absolute atomic E-state index is 0.225. The Kier molecular flexibility index (Phi) is 3.26. The number of hydrogen-bond donors (Lipinski definition) is 1. The average Bonchev–Trinajstić information content (AvgIpc) is 3.22. The number of carbonyl (C=O) groups is 1. The van der Waals surface area contributed by atoms with Gasteiger partial charge in [0.15, 0.2) is 0 Å². The molecule has 21 heavy (non-hydrogen) atoms. The van der Waals surface area contributed by atoms with Gasteiger partial charge in [0.1, 0.15) is 0 Å². The van der Waals surface area contributed by atoms with Gasteiger partial charge in [-0.3, -0.25) is 4.79 Å². The van der Waals surface area contributed by atoms with Gasteiger partial charge in [-0.05, 0) is 59.7 Å². The Morgan fingerprint density at radius 1 is 1.00 bits per heavy atom. The molecule has 2 aliphatic rings. The number of fused-ring (bicyclic) bond motifs is 2. The fourth-order valence-electron chi connectivity index (χ4n) is 3.90. The molecule has 2 nitrogen and oxygen atoms in total. The largest absolute Gasteiger partial charge is 0.326 e. The van der Waals surface area contributed by atoms with Crippen LogP contribution in [0.15, 0.2) is 40.9 Å². The van der Waals surface area contributed by atoms with E-state index < -0.39 is 0 Å². The number of carbonyl (C=O) groups excluding carboxylic acids is 1. The van der Waals surface area contributed by atoms with Gasteiger partial charge in [0.05, 0.1) is 0 Å². The van der Waals surface area contributed by atoms with Crippen LogP contribution in [0.5, 0.6) is 0 Å². The third-order valence-corrected chi connectivity index (χ3v) is 5.52. The molecule has 1 N–H and O–H groups in total. The standard InChI is InChI=1S/C18H18BrNO/c19-13-7-5-12-10-14(8-6-11(12)9-13)20-18(21)17-15-3-1-2-4-16(15)17/h5-10,15-17H,1-4H2,(H,20,21). The van der Waals surface area contributed by atoms with Gasteiger partial charge in [0.2, 0.25) is 5.91 Å². The maximum Gasteiger partial charge on any atom is 0.228 e. The van der Waals surface area contributed by atoms with E-state index in [-0.39, 0.29) is 11.8 Å². The molecule has 1 amide bonds. The first-order valence-corrected chi connectivity index (χ1v) is 8.52. The predicted molar refractivity (Wildman–Crippen MR) is 89.2 cm³/mol. The summed E-state index contributed by atoms with van der Waals surface area (Å²) in [4.78, 5) is 12.4. The summed E-state index contributed by atoms with van der Waals surface area (Å²) in [6, 6.07) is 12.3. The highest BCUT2D eigenvalue weighted by atomic mass is 79.9. The number of nitrogens with one attached hydrogen (secondary N) is 1. The van der Waals surface area contributed by atoms with Crippen LogP contribution in [-0.4, -0.2) is 5.91 Å². The number of anilines is 1. The van der Waals surface area contributed by atoms with Crippen LogP contribution in [0.1, 0.15) is 25.7 Å². The third kappa shape index (κ3) is 2.48. The number of hydrogen-bond acceptors (Lipinski definition) is 1. The van der Waals surface area contributed by atoms with Gasteiger partial charge in [0, 0.05) is 16.1 Å². The van der Waals surface area contributed by atoms with Crippen LogP contribution in [-0.2, 0) is 4.79 Å². The van der Waals surface area contributed by atoms with Crippen molar-refractivity contribution in [3.63, 3.8) is 0 Å². The maximum absolute atomic E-state index is 12.4. The lowest BCUT2D eigenvalue weighted by atomic mass is 10.0. The van der Waals surface area contributed by atoms with E-state index in [0.29, 0.717) is 11.8 Å². The summed E-state index contributed by atoms with van der Waals surface area (Å²) in [6.45, 7) is 0. The van der Waals surface area contributed by atoms with Crippen LogP contribution in [0, 0.1) is 17.8 Å². The fraction of sp³-hybridized carbons (Fsp3) is 0.389. The number of rotatable bonds is 2. The molecule has 4 rings (SSSR count). The third-order valence-electron chi connectivity index (χ3n) is 5.03. The summed E-state index contributed by atoms with van der Waals surface area (Å²) in [5.41, 5.74) is 0.915. The van der Waals surface area contributed by atoms with Gasteiger partial charge < -0.3 is 5.32 Å². The molecule has 2 unspecified atom stereocenters. The average molecular weight is 344 g/mol. The SMILES string of the molecule is O=C(Nc1ccc2cc(Br)ccc2c1)C1C2CCCCC21. The first-order valence-electron chi connectivity index (χ1n) is 7.72. The topological polar surface area (TPSA) is 29.1 Å². The maximum atomic E-state index is 12.4. The van der Waals surface area contributed by atoms with Gasteiger partial charge in [-0.2, -0.15) is 0 Å². The van der Waals surface area contributed by atoms with E-state index in [1.165, 1.54) is 31.1 Å². The van der Waals surface area contributed by atoms with Gasteiger partial charge in [0.25, 0.3) is 0 Å². The Balaban J connectivity index is 1.52. The zero-order valence-corrected chi connectivity index (χ0v) is 13.4. The molecular weight excluding hydrogens is 326 g/mol. The molecule has 0 spiro atoms. The van der Waals surface area contributed by atoms with Crippen molar-refractivity contribution in [2.24, 2.45) is 17.8 Å². The Bertz CT molecular complexity index is 699. The van der Waals surface area contributed by atoms with Crippen LogP contribution in [0.3, 0.4) is 0 Å². The molecule has 108 valence electrons. The second-order valence-corrected chi connectivity index (χ2v) is 7.25. The van der Waals surface area contributed by atoms with Crippen molar-refractivity contribution in [1.82, 2.24) is 0 Å². The number of amides is 1. The lowest BCUT2D eigenvalue weighted by Gasteiger charge is -2.07. The first-order chi connectivity index (χ1) is 10.2. The quantitative estimate of drug-likeness (QED) is 0.818. The molecule has 2 aromatic rings. The highest BCUT2D eigenvalue weighted by molar-refractivity contribution is 9.10. The summed E-state index contributed by atoms with van der Waals surface area (Å²) in [6.07, 6.45) is 5.09. The van der Waals surface area contributed by atoms with Crippen molar-refractivity contribution in [1.29, 1.82) is 0 Å². The van der Waals surface area contributed by atoms with Crippen molar-refractivity contribution in [2.45, 2.75) is 25.7 Å². The van der Waals surface area contributed by atoms with Crippen molar-refractivity contribution >= 4 is 38.3 Å². The normalized spacial score (nSPS) is 27.2. The van der Waals surface area contributed by atoms with Gasteiger partial charge in [-0.25, -0.2) is 0 Å². The fourth-order valence-corrected chi connectivity index (χ4v) is 4.28. The highest BCUT2D eigenvalue weighted by Gasteiger charge is 2.54. The summed E-state index contributed by atoms with van der Waals surface area (Å²) in [5.74, 6) is 1.82. The monoisotopic (exact) mass is 343 g/mol. The smallest absolute Gasteiger partial charge is 0.228 e. The molecular formula is C18H18BrNO. The summed E-state index contributed by atoms with van der Waals surface area (Å²) in [7, 11) is 0. The zero-order valence-electron chi connectivity index (χ0n) is 11.8. The van der Waals surface area contributed by atoms with Crippen molar-refractivity contribution in [2.75, 3.05) is 5.32 Å². The second kappa shape index (κ2) is 5.13. The number of benzene rings is 2. The summed E-state index contributed by atoms with van der Waals surface area (Å²) < 4.78 is 1.08. The minimum atomic E-state index is 0.225. The Morgan fingerprint density at radius 2 is 1.67 bits per heavy atom. The Hall–Kier alpha value is -1.35. The lowest BCUT2D eigenvalue weighted by molar-refractivity contribution is -0.117. The van der Waals surface area contributed by atoms with E-state index in [2.05, 4.69) is 45.5 Å². The van der Waals surface area contributed by atoms with E-state index in [1.54, 1.807) is 0 Å². The van der Waals surface area contributed by atoms with E-state index in [0.717, 1.165) is 15.5 Å². The molecule has 0 heterocycles. The molecule has 2 aliphatic carbocycles. The molecule has 2 saturated carbocycles.